The number of ketones is 1. The molecule has 0 amide bonds. The fourth-order valence-electron chi connectivity index (χ4n) is 2.48. The highest BCUT2D eigenvalue weighted by Crippen LogP contribution is 2.33. The van der Waals surface area contributed by atoms with Crippen LogP contribution >= 0.6 is 0 Å². The summed E-state index contributed by atoms with van der Waals surface area (Å²) in [6.45, 7) is 8.20. The van der Waals surface area contributed by atoms with Crippen molar-refractivity contribution in [3.05, 3.63) is 0 Å². The van der Waals surface area contributed by atoms with Crippen LogP contribution < -0.4 is 5.73 Å². The molecular weight excluding hydrogens is 174 g/mol. The zero-order valence-corrected chi connectivity index (χ0v) is 9.84. The first-order valence-corrected chi connectivity index (χ1v) is 5.60. The smallest absolute Gasteiger partial charge is 0.141 e. The van der Waals surface area contributed by atoms with Gasteiger partial charge in [-0.1, -0.05) is 27.7 Å². The molecule has 0 radical (unpaired) electrons. The van der Waals surface area contributed by atoms with Gasteiger partial charge in [-0.15, -0.1) is 0 Å². The number of carbonyl (C=O) groups is 1. The number of hydrogen-bond acceptors (Lipinski definition) is 2. The van der Waals surface area contributed by atoms with Crippen LogP contribution in [0.4, 0.5) is 0 Å². The zero-order valence-electron chi connectivity index (χ0n) is 9.84. The summed E-state index contributed by atoms with van der Waals surface area (Å²) in [7, 11) is 0. The van der Waals surface area contributed by atoms with E-state index in [9.17, 15) is 4.79 Å². The Labute approximate surface area is 87.2 Å². The van der Waals surface area contributed by atoms with Crippen molar-refractivity contribution in [2.24, 2.45) is 23.0 Å². The molecule has 14 heavy (non-hydrogen) atoms. The first-order valence-electron chi connectivity index (χ1n) is 5.60. The van der Waals surface area contributed by atoms with Gasteiger partial charge in [0.1, 0.15) is 5.78 Å². The van der Waals surface area contributed by atoms with Crippen LogP contribution in [-0.4, -0.2) is 11.8 Å². The lowest BCUT2D eigenvalue weighted by molar-refractivity contribution is -0.132. The number of Topliss-reactive ketones (excluding diaryl/α,β-unsaturated/α-hetero) is 1. The van der Waals surface area contributed by atoms with Crippen molar-refractivity contribution in [3.63, 3.8) is 0 Å². The standard InChI is InChI=1S/C12H23NO/c1-8-5-9(7-10(13)6-8)11(14)12(2,3)4/h8-10H,5-7,13H2,1-4H3. The monoisotopic (exact) mass is 197 g/mol. The van der Waals surface area contributed by atoms with Crippen LogP contribution in [0.1, 0.15) is 47.0 Å². The SMILES string of the molecule is CC1CC(N)CC(C(=O)C(C)(C)C)C1. The van der Waals surface area contributed by atoms with Crippen LogP contribution in [0.5, 0.6) is 0 Å². The van der Waals surface area contributed by atoms with E-state index < -0.39 is 0 Å². The van der Waals surface area contributed by atoms with Crippen molar-refractivity contribution in [2.75, 3.05) is 0 Å². The van der Waals surface area contributed by atoms with Crippen molar-refractivity contribution < 1.29 is 4.79 Å². The zero-order chi connectivity index (χ0) is 10.9. The molecule has 0 saturated heterocycles. The Morgan fingerprint density at radius 3 is 2.21 bits per heavy atom. The summed E-state index contributed by atoms with van der Waals surface area (Å²) in [5.41, 5.74) is 5.74. The minimum Gasteiger partial charge on any atom is -0.328 e. The van der Waals surface area contributed by atoms with Gasteiger partial charge in [0.05, 0.1) is 0 Å². The summed E-state index contributed by atoms with van der Waals surface area (Å²) in [4.78, 5) is 12.1. The van der Waals surface area contributed by atoms with Crippen LogP contribution in [0, 0.1) is 17.3 Å². The molecule has 0 bridgehead atoms. The molecule has 2 N–H and O–H groups in total. The molecule has 0 aromatic heterocycles. The van der Waals surface area contributed by atoms with E-state index in [-0.39, 0.29) is 17.4 Å². The van der Waals surface area contributed by atoms with E-state index in [1.807, 2.05) is 20.8 Å². The first kappa shape index (κ1) is 11.7. The van der Waals surface area contributed by atoms with Crippen LogP contribution in [0.2, 0.25) is 0 Å². The molecule has 3 unspecified atom stereocenters. The lowest BCUT2D eigenvalue weighted by Crippen LogP contribution is -2.39. The lowest BCUT2D eigenvalue weighted by atomic mass is 9.72. The third-order valence-corrected chi connectivity index (χ3v) is 3.09. The average Bonchev–Trinajstić information content (AvgIpc) is 1.99. The van der Waals surface area contributed by atoms with E-state index in [0.29, 0.717) is 11.7 Å². The van der Waals surface area contributed by atoms with E-state index in [2.05, 4.69) is 6.92 Å². The highest BCUT2D eigenvalue weighted by atomic mass is 16.1. The van der Waals surface area contributed by atoms with Gasteiger partial charge in [-0.3, -0.25) is 4.79 Å². The third-order valence-electron chi connectivity index (χ3n) is 3.09. The molecular formula is C12H23NO. The van der Waals surface area contributed by atoms with Gasteiger partial charge in [0.15, 0.2) is 0 Å². The summed E-state index contributed by atoms with van der Waals surface area (Å²) in [5.74, 6) is 1.20. The Kier molecular flexibility index (Phi) is 3.36. The molecule has 1 aliphatic carbocycles. The maximum Gasteiger partial charge on any atom is 0.141 e. The Hall–Kier alpha value is -0.370. The Balaban J connectivity index is 2.64. The number of hydrogen-bond donors (Lipinski definition) is 1. The molecule has 0 aliphatic heterocycles. The predicted octanol–water partition coefficient (Wildman–Crippen LogP) is 2.37. The largest absolute Gasteiger partial charge is 0.328 e. The van der Waals surface area contributed by atoms with Crippen molar-refractivity contribution >= 4 is 5.78 Å². The third kappa shape index (κ3) is 2.81. The second-order valence-electron chi connectivity index (χ2n) is 5.88. The Bertz CT molecular complexity index is 207. The molecule has 0 aromatic carbocycles. The Morgan fingerprint density at radius 2 is 1.79 bits per heavy atom. The van der Waals surface area contributed by atoms with E-state index in [1.54, 1.807) is 0 Å². The molecule has 3 atom stereocenters. The van der Waals surface area contributed by atoms with Gasteiger partial charge in [-0.05, 0) is 25.2 Å². The molecule has 0 spiro atoms. The first-order chi connectivity index (χ1) is 6.30. The van der Waals surface area contributed by atoms with Gasteiger partial charge in [0.25, 0.3) is 0 Å². The summed E-state index contributed by atoms with van der Waals surface area (Å²) in [6, 6.07) is 0.232. The summed E-state index contributed by atoms with van der Waals surface area (Å²) in [5, 5.41) is 0. The second-order valence-corrected chi connectivity index (χ2v) is 5.88. The van der Waals surface area contributed by atoms with Crippen LogP contribution in [0.25, 0.3) is 0 Å². The van der Waals surface area contributed by atoms with Crippen molar-refractivity contribution in [3.8, 4) is 0 Å². The second kappa shape index (κ2) is 4.01. The number of rotatable bonds is 1. The van der Waals surface area contributed by atoms with Crippen molar-refractivity contribution in [1.82, 2.24) is 0 Å². The molecule has 2 heteroatoms. The topological polar surface area (TPSA) is 43.1 Å². The predicted molar refractivity (Wildman–Crippen MR) is 58.9 cm³/mol. The Morgan fingerprint density at radius 1 is 1.21 bits per heavy atom. The molecule has 82 valence electrons. The van der Waals surface area contributed by atoms with Gasteiger partial charge in [-0.25, -0.2) is 0 Å². The van der Waals surface area contributed by atoms with Gasteiger partial charge in [0, 0.05) is 17.4 Å². The highest BCUT2D eigenvalue weighted by molar-refractivity contribution is 5.86. The minimum absolute atomic E-state index is 0.203. The van der Waals surface area contributed by atoms with Crippen LogP contribution in [0.15, 0.2) is 0 Å². The molecule has 1 fully saturated rings. The lowest BCUT2D eigenvalue weighted by Gasteiger charge is -2.33. The summed E-state index contributed by atoms with van der Waals surface area (Å²) < 4.78 is 0. The fourth-order valence-corrected chi connectivity index (χ4v) is 2.48. The van der Waals surface area contributed by atoms with Gasteiger partial charge in [0.2, 0.25) is 0 Å². The van der Waals surface area contributed by atoms with Crippen LogP contribution in [-0.2, 0) is 4.79 Å². The molecule has 1 saturated carbocycles. The fraction of sp³-hybridized carbons (Fsp3) is 0.917. The van der Waals surface area contributed by atoms with Crippen molar-refractivity contribution in [2.45, 2.75) is 53.0 Å². The molecule has 0 heterocycles. The average molecular weight is 197 g/mol. The van der Waals surface area contributed by atoms with E-state index in [0.717, 1.165) is 19.3 Å². The van der Waals surface area contributed by atoms with Gasteiger partial charge >= 0.3 is 0 Å². The number of carbonyl (C=O) groups excluding carboxylic acids is 1. The van der Waals surface area contributed by atoms with Crippen molar-refractivity contribution in [1.29, 1.82) is 0 Å². The molecule has 2 nitrogen and oxygen atoms in total. The normalized spacial score (nSPS) is 34.2. The molecule has 0 aromatic rings. The van der Waals surface area contributed by atoms with E-state index in [1.165, 1.54) is 0 Å². The summed E-state index contributed by atoms with van der Waals surface area (Å²) >= 11 is 0. The molecule has 1 aliphatic rings. The van der Waals surface area contributed by atoms with E-state index in [4.69, 9.17) is 5.73 Å². The van der Waals surface area contributed by atoms with E-state index >= 15 is 0 Å². The van der Waals surface area contributed by atoms with Crippen LogP contribution in [0.3, 0.4) is 0 Å². The minimum atomic E-state index is -0.207. The van der Waals surface area contributed by atoms with Gasteiger partial charge < -0.3 is 5.73 Å². The quantitative estimate of drug-likeness (QED) is 0.701. The summed E-state index contributed by atoms with van der Waals surface area (Å²) in [6.07, 6.45) is 3.00. The maximum atomic E-state index is 12.1. The number of nitrogens with two attached hydrogens (primary N) is 1. The highest BCUT2D eigenvalue weighted by Gasteiger charge is 2.34. The molecule has 1 rings (SSSR count). The maximum absolute atomic E-state index is 12.1. The van der Waals surface area contributed by atoms with Gasteiger partial charge in [-0.2, -0.15) is 0 Å².